The Hall–Kier alpha value is -0.310. The number of alkyl halides is 1. The van der Waals surface area contributed by atoms with Crippen molar-refractivity contribution in [1.82, 2.24) is 0 Å². The van der Waals surface area contributed by atoms with Crippen LogP contribution in [0, 0.1) is 5.92 Å². The van der Waals surface area contributed by atoms with Crippen molar-refractivity contribution in [1.29, 1.82) is 0 Å². The van der Waals surface area contributed by atoms with Crippen molar-refractivity contribution < 1.29 is 0 Å². The molecule has 3 heteroatoms. The van der Waals surface area contributed by atoms with E-state index in [1.165, 1.54) is 11.1 Å². The lowest BCUT2D eigenvalue weighted by Crippen LogP contribution is -1.96. The molecule has 2 aromatic carbocycles. The minimum absolute atomic E-state index is 0.168. The van der Waals surface area contributed by atoms with E-state index in [0.29, 0.717) is 5.92 Å². The maximum Gasteiger partial charge on any atom is 0.0645 e. The van der Waals surface area contributed by atoms with Gasteiger partial charge in [-0.3, -0.25) is 0 Å². The fraction of sp³-hybridized carbons (Fsp3) is 0.294. The molecule has 20 heavy (non-hydrogen) atoms. The molecule has 0 aliphatic heterocycles. The maximum atomic E-state index is 6.16. The molecule has 2 aromatic rings. The van der Waals surface area contributed by atoms with E-state index in [4.69, 9.17) is 11.6 Å². The second-order valence-corrected chi connectivity index (χ2v) is 7.55. The van der Waals surface area contributed by atoms with Gasteiger partial charge in [0.2, 0.25) is 0 Å². The third-order valence-corrected chi connectivity index (χ3v) is 5.44. The third-order valence-electron chi connectivity index (χ3n) is 3.15. The van der Waals surface area contributed by atoms with Gasteiger partial charge in [0, 0.05) is 4.47 Å². The summed E-state index contributed by atoms with van der Waals surface area (Å²) in [6.07, 6.45) is 1.12. The molecule has 0 fully saturated rings. The van der Waals surface area contributed by atoms with Gasteiger partial charge in [0.1, 0.15) is 0 Å². The van der Waals surface area contributed by atoms with Crippen LogP contribution in [0.2, 0.25) is 5.02 Å². The van der Waals surface area contributed by atoms with Crippen LogP contribution >= 0.6 is 43.5 Å². The van der Waals surface area contributed by atoms with E-state index in [-0.39, 0.29) is 4.83 Å². The van der Waals surface area contributed by atoms with Crippen LogP contribution in [-0.4, -0.2) is 0 Å². The van der Waals surface area contributed by atoms with E-state index in [0.717, 1.165) is 21.5 Å². The van der Waals surface area contributed by atoms with Gasteiger partial charge in [-0.05, 0) is 57.1 Å². The predicted molar refractivity (Wildman–Crippen MR) is 94.9 cm³/mol. The summed E-state index contributed by atoms with van der Waals surface area (Å²) in [4.78, 5) is 0.168. The number of hydrogen-bond acceptors (Lipinski definition) is 0. The molecule has 0 aliphatic rings. The summed E-state index contributed by atoms with van der Waals surface area (Å²) in [5.41, 5.74) is 3.79. The molecule has 0 heterocycles. The van der Waals surface area contributed by atoms with Crippen LogP contribution in [0.4, 0.5) is 0 Å². The van der Waals surface area contributed by atoms with Crippen LogP contribution in [0.5, 0.6) is 0 Å². The molecular weight excluding hydrogens is 399 g/mol. The molecule has 0 nitrogen and oxygen atoms in total. The Balaban J connectivity index is 2.20. The van der Waals surface area contributed by atoms with Crippen LogP contribution in [0.3, 0.4) is 0 Å². The molecule has 2 rings (SSSR count). The second kappa shape index (κ2) is 7.11. The van der Waals surface area contributed by atoms with Gasteiger partial charge in [-0.1, -0.05) is 71.7 Å². The first-order valence-electron chi connectivity index (χ1n) is 6.65. The zero-order valence-corrected chi connectivity index (χ0v) is 15.5. The smallest absolute Gasteiger partial charge is 0.0645 e. The van der Waals surface area contributed by atoms with Gasteiger partial charge in [0.15, 0.2) is 0 Å². The highest BCUT2D eigenvalue weighted by Gasteiger charge is 2.12. The molecule has 0 saturated heterocycles. The van der Waals surface area contributed by atoms with Crippen LogP contribution in [0.25, 0.3) is 0 Å². The molecule has 0 aromatic heterocycles. The van der Waals surface area contributed by atoms with Crippen LogP contribution in [-0.2, 0) is 6.42 Å². The van der Waals surface area contributed by atoms with Gasteiger partial charge >= 0.3 is 0 Å². The molecular formula is C17H17Br2Cl. The highest BCUT2D eigenvalue weighted by molar-refractivity contribution is 9.10. The minimum Gasteiger partial charge on any atom is -0.0831 e. The van der Waals surface area contributed by atoms with Crippen molar-refractivity contribution in [2.75, 3.05) is 0 Å². The van der Waals surface area contributed by atoms with Crippen LogP contribution < -0.4 is 0 Å². The fourth-order valence-electron chi connectivity index (χ4n) is 2.16. The van der Waals surface area contributed by atoms with E-state index in [1.807, 2.05) is 12.1 Å². The van der Waals surface area contributed by atoms with Gasteiger partial charge in [-0.25, -0.2) is 0 Å². The van der Waals surface area contributed by atoms with Gasteiger partial charge in [0.05, 0.1) is 9.85 Å². The predicted octanol–water partition coefficient (Wildman–Crippen LogP) is 6.79. The standard InChI is InChI=1S/C17H17Br2Cl/c1-11(2)9-12-3-5-13(6-4-12)17(19)14-7-8-15(18)16(20)10-14/h3-8,10-11,17H,9H2,1-2H3. The normalized spacial score (nSPS) is 12.7. The summed E-state index contributed by atoms with van der Waals surface area (Å²) in [7, 11) is 0. The summed E-state index contributed by atoms with van der Waals surface area (Å²) < 4.78 is 0.926. The van der Waals surface area contributed by atoms with Gasteiger partial charge in [0.25, 0.3) is 0 Å². The summed E-state index contributed by atoms with van der Waals surface area (Å²) in [5.74, 6) is 0.686. The van der Waals surface area contributed by atoms with E-state index >= 15 is 0 Å². The lowest BCUT2D eigenvalue weighted by Gasteiger charge is -2.13. The number of hydrogen-bond donors (Lipinski definition) is 0. The van der Waals surface area contributed by atoms with Crippen molar-refractivity contribution in [2.45, 2.75) is 25.1 Å². The molecule has 106 valence electrons. The zero-order valence-electron chi connectivity index (χ0n) is 11.5. The second-order valence-electron chi connectivity index (χ2n) is 5.38. The highest BCUT2D eigenvalue weighted by Crippen LogP contribution is 2.34. The van der Waals surface area contributed by atoms with Crippen molar-refractivity contribution in [3.63, 3.8) is 0 Å². The number of halogens is 3. The maximum absolute atomic E-state index is 6.16. The first-order chi connectivity index (χ1) is 9.47. The Morgan fingerprint density at radius 1 is 1.00 bits per heavy atom. The van der Waals surface area contributed by atoms with Crippen molar-refractivity contribution in [3.8, 4) is 0 Å². The largest absolute Gasteiger partial charge is 0.0831 e. The highest BCUT2D eigenvalue weighted by atomic mass is 79.9. The Morgan fingerprint density at radius 3 is 2.15 bits per heavy atom. The Kier molecular flexibility index (Phi) is 5.71. The Bertz CT molecular complexity index is 576. The average molecular weight is 417 g/mol. The molecule has 0 N–H and O–H groups in total. The molecule has 0 aliphatic carbocycles. The summed E-state index contributed by atoms with van der Waals surface area (Å²) in [5, 5.41) is 0.739. The van der Waals surface area contributed by atoms with Crippen molar-refractivity contribution >= 4 is 43.5 Å². The molecule has 0 spiro atoms. The lowest BCUT2D eigenvalue weighted by molar-refractivity contribution is 0.647. The van der Waals surface area contributed by atoms with E-state index in [9.17, 15) is 0 Å². The first kappa shape index (κ1) is 16.1. The number of rotatable bonds is 4. The first-order valence-corrected chi connectivity index (χ1v) is 8.74. The van der Waals surface area contributed by atoms with Crippen LogP contribution in [0.15, 0.2) is 46.9 Å². The molecule has 0 bridgehead atoms. The Labute approximate surface area is 142 Å². The molecule has 0 saturated carbocycles. The van der Waals surface area contributed by atoms with Gasteiger partial charge < -0.3 is 0 Å². The minimum atomic E-state index is 0.168. The topological polar surface area (TPSA) is 0 Å². The monoisotopic (exact) mass is 414 g/mol. The quantitative estimate of drug-likeness (QED) is 0.482. The van der Waals surface area contributed by atoms with Crippen molar-refractivity contribution in [3.05, 3.63) is 68.7 Å². The van der Waals surface area contributed by atoms with E-state index < -0.39 is 0 Å². The Morgan fingerprint density at radius 2 is 1.60 bits per heavy atom. The van der Waals surface area contributed by atoms with E-state index in [1.54, 1.807) is 0 Å². The summed E-state index contributed by atoms with van der Waals surface area (Å²) in [6.45, 7) is 4.48. The fourth-order valence-corrected chi connectivity index (χ4v) is 3.18. The average Bonchev–Trinajstić information content (AvgIpc) is 2.41. The lowest BCUT2D eigenvalue weighted by atomic mass is 9.99. The van der Waals surface area contributed by atoms with Gasteiger partial charge in [-0.15, -0.1) is 0 Å². The SMILES string of the molecule is CC(C)Cc1ccc(C(Br)c2ccc(Br)c(Cl)c2)cc1. The molecule has 1 atom stereocenters. The van der Waals surface area contributed by atoms with E-state index in [2.05, 4.69) is 76.0 Å². The van der Waals surface area contributed by atoms with Crippen LogP contribution in [0.1, 0.15) is 35.4 Å². The number of benzene rings is 2. The third kappa shape index (κ3) is 4.09. The molecule has 1 unspecified atom stereocenters. The summed E-state index contributed by atoms with van der Waals surface area (Å²) >= 11 is 13.3. The summed E-state index contributed by atoms with van der Waals surface area (Å²) in [6, 6.07) is 14.9. The molecule has 0 amide bonds. The molecule has 0 radical (unpaired) electrons. The van der Waals surface area contributed by atoms with Gasteiger partial charge in [-0.2, -0.15) is 0 Å². The van der Waals surface area contributed by atoms with Crippen molar-refractivity contribution in [2.24, 2.45) is 5.92 Å². The zero-order chi connectivity index (χ0) is 14.7.